The first-order valence-electron chi connectivity index (χ1n) is 39.6. The van der Waals surface area contributed by atoms with Gasteiger partial charge in [0.25, 0.3) is 0 Å². The van der Waals surface area contributed by atoms with Gasteiger partial charge in [-0.1, -0.05) is 101 Å². The molecule has 14 N–H and O–H groups in total. The number of nitrogen functional groups attached to an aromatic ring is 3. The number of ether oxygens (including phenoxy) is 3. The van der Waals surface area contributed by atoms with Crippen LogP contribution in [0.25, 0.3) is 65.8 Å². The Bertz CT molecular complexity index is 5760. The molecule has 0 radical (unpaired) electrons. The Morgan fingerprint density at radius 3 is 1.17 bits per heavy atom. The number of nitrogens with zero attached hydrogens (tertiary/aromatic N) is 12. The van der Waals surface area contributed by atoms with Crippen molar-refractivity contribution in [1.29, 1.82) is 0 Å². The molecule has 0 amide bonds. The second kappa shape index (κ2) is 44.7. The highest BCUT2D eigenvalue weighted by Crippen LogP contribution is 2.46. The number of rotatable bonds is 43. The molecule has 35 heteroatoms. The fraction of sp³-hybridized carbons (Fsp3) is 0.393. The summed E-state index contributed by atoms with van der Waals surface area (Å²) in [7, 11) is -9.77. The number of imidazole rings is 3. The molecule has 6 heterocycles. The third kappa shape index (κ3) is 25.4. The summed E-state index contributed by atoms with van der Waals surface area (Å²) in [6.07, 6.45) is 15.4. The molecule has 0 fully saturated rings. The number of isothiocyanates is 3. The van der Waals surface area contributed by atoms with Crippen LogP contribution < -0.4 is 26.2 Å². The number of anilines is 3. The largest absolute Gasteiger partial charge is 0.524 e. The van der Waals surface area contributed by atoms with E-state index in [2.05, 4.69) is 136 Å². The molecule has 6 aromatic carbocycles. The maximum absolute atomic E-state index is 11.6. The van der Waals surface area contributed by atoms with Crippen LogP contribution in [0.4, 0.5) is 17.5 Å². The topological polar surface area (TPSA) is 449 Å². The second-order valence-corrected chi connectivity index (χ2v) is 31.3. The van der Waals surface area contributed by atoms with E-state index in [1.165, 1.54) is 24.3 Å². The molecule has 6 aromatic heterocycles. The Labute approximate surface area is 704 Å². The zero-order valence-corrected chi connectivity index (χ0v) is 71.0. The Morgan fingerprint density at radius 2 is 0.782 bits per heavy atom. The lowest BCUT2D eigenvalue weighted by Crippen LogP contribution is -2.07. The van der Waals surface area contributed by atoms with Gasteiger partial charge in [0.15, 0.2) is 40.5 Å². The SMILES string of the molecule is CCCCc1nc2c(N)nc3cc(CCCOCCCN=C=S)ccc3c2n1Cc1cc(O)ccc1O.CCCCc1nc2c(N)nc3cc(CCCOCCCN=C=S)ccc3c2n1Cc1cccc(O)c1OP(=O)(O)O.CCCCc1nc2c(N)nc3cc(CCCOCCCN=C=S)ccc3c2n1Cc1cccc(OP(=O)(O)O)c1O. The first kappa shape index (κ1) is 91.1. The number of pyridine rings is 3. The summed E-state index contributed by atoms with van der Waals surface area (Å²) in [4.78, 5) is 77.5. The van der Waals surface area contributed by atoms with Crippen LogP contribution >= 0.6 is 52.3 Å². The molecule has 0 aliphatic carbocycles. The van der Waals surface area contributed by atoms with Crippen LogP contribution in [0.3, 0.4) is 0 Å². The maximum atomic E-state index is 11.6. The number of benzene rings is 6. The van der Waals surface area contributed by atoms with Gasteiger partial charge < -0.3 is 74.6 Å². The van der Waals surface area contributed by atoms with E-state index >= 15 is 0 Å². The monoisotopic (exact) mass is 1720 g/mol. The summed E-state index contributed by atoms with van der Waals surface area (Å²) in [5, 5.41) is 51.4. The molecular weight excluding hydrogens is 1620 g/mol. The van der Waals surface area contributed by atoms with E-state index in [0.29, 0.717) is 129 Å². The van der Waals surface area contributed by atoms with E-state index < -0.39 is 15.6 Å². The number of aliphatic imine (C=N–C) groups is 3. The Kier molecular flexibility index (Phi) is 34.2. The van der Waals surface area contributed by atoms with E-state index in [-0.39, 0.29) is 47.6 Å². The number of para-hydroxylation sites is 2. The number of aromatic hydroxyl groups is 4. The van der Waals surface area contributed by atoms with Gasteiger partial charge in [-0.25, -0.2) is 54.0 Å². The van der Waals surface area contributed by atoms with Crippen LogP contribution in [0.15, 0.2) is 124 Å². The third-order valence-electron chi connectivity index (χ3n) is 19.6. The molecule has 0 saturated carbocycles. The lowest BCUT2D eigenvalue weighted by molar-refractivity contribution is 0.131. The molecule has 0 saturated heterocycles. The van der Waals surface area contributed by atoms with E-state index in [0.717, 1.165) is 186 Å². The van der Waals surface area contributed by atoms with E-state index in [9.17, 15) is 49.1 Å². The van der Waals surface area contributed by atoms with Crippen molar-refractivity contribution in [3.05, 3.63) is 160 Å². The first-order chi connectivity index (χ1) is 57.4. The number of phosphoric acid groups is 2. The van der Waals surface area contributed by atoms with Gasteiger partial charge in [-0.3, -0.25) is 19.6 Å². The normalized spacial score (nSPS) is 11.6. The van der Waals surface area contributed by atoms with Crippen molar-refractivity contribution in [1.82, 2.24) is 43.6 Å². The van der Waals surface area contributed by atoms with Crippen LogP contribution in [0, 0.1) is 0 Å². The van der Waals surface area contributed by atoms with Crippen LogP contribution in [0.1, 0.15) is 149 Å². The lowest BCUT2D eigenvalue weighted by Gasteiger charge is -2.16. The van der Waals surface area contributed by atoms with E-state index in [4.69, 9.17) is 50.9 Å². The average molecular weight is 1720 g/mol. The number of phosphoric ester groups is 2. The fourth-order valence-corrected chi connectivity index (χ4v) is 15.0. The molecular formula is C84H101N15O15P2S3. The molecule has 0 unspecified atom stereocenters. The minimum atomic E-state index is -4.92. The molecule has 0 aliphatic heterocycles. The lowest BCUT2D eigenvalue weighted by atomic mass is 10.1. The number of aryl methyl sites for hydroxylation is 6. The van der Waals surface area contributed by atoms with Gasteiger partial charge >= 0.3 is 15.6 Å². The molecule has 12 rings (SSSR count). The number of phenolic OH excluding ortho intramolecular Hbond substituents is 4. The van der Waals surface area contributed by atoms with Crippen LogP contribution in [-0.2, 0) is 81.5 Å². The fourth-order valence-electron chi connectivity index (χ4n) is 13.9. The molecule has 630 valence electrons. The number of thiocarbonyl (C=S) groups is 3. The highest BCUT2D eigenvalue weighted by Gasteiger charge is 2.27. The van der Waals surface area contributed by atoms with Crippen LogP contribution in [0.2, 0.25) is 0 Å². The van der Waals surface area contributed by atoms with Crippen molar-refractivity contribution < 1.29 is 72.4 Å². The van der Waals surface area contributed by atoms with Crippen LogP contribution in [-0.4, -0.2) is 158 Å². The van der Waals surface area contributed by atoms with E-state index in [1.54, 1.807) is 30.3 Å². The number of nitrogens with two attached hydrogens (primary N) is 3. The van der Waals surface area contributed by atoms with Gasteiger partial charge in [-0.2, -0.15) is 0 Å². The zero-order chi connectivity index (χ0) is 85.0. The summed E-state index contributed by atoms with van der Waals surface area (Å²) in [5.41, 5.74) is 30.5. The Balaban J connectivity index is 0.000000188. The Hall–Kier alpha value is -10.3. The van der Waals surface area contributed by atoms with Crippen molar-refractivity contribution in [3.8, 4) is 34.5 Å². The minimum absolute atomic E-state index is 0.107. The predicted octanol–water partition coefficient (Wildman–Crippen LogP) is 15.8. The van der Waals surface area contributed by atoms with Gasteiger partial charge in [-0.15, -0.1) is 0 Å². The summed E-state index contributed by atoms with van der Waals surface area (Å²) in [5.74, 6) is 2.37. The van der Waals surface area contributed by atoms with Crippen molar-refractivity contribution in [2.24, 2.45) is 15.0 Å². The van der Waals surface area contributed by atoms with Gasteiger partial charge in [0.1, 0.15) is 45.5 Å². The number of unbranched alkanes of at least 4 members (excludes halogenated alkanes) is 3. The van der Waals surface area contributed by atoms with Crippen molar-refractivity contribution in [3.63, 3.8) is 0 Å². The van der Waals surface area contributed by atoms with Crippen LogP contribution in [0.5, 0.6) is 34.5 Å². The number of hydrogen-bond acceptors (Lipinski definition) is 26. The average Bonchev–Trinajstić information content (AvgIpc) is 1.62. The molecule has 0 aliphatic rings. The molecule has 12 aromatic rings. The Morgan fingerprint density at radius 1 is 0.412 bits per heavy atom. The van der Waals surface area contributed by atoms with Crippen molar-refractivity contribution in [2.75, 3.05) is 76.5 Å². The van der Waals surface area contributed by atoms with Gasteiger partial charge in [0.2, 0.25) is 0 Å². The standard InChI is InChI=1S/2C28H34N5O6PS.C28H33N5O3S/c1-2-3-10-24-32-25-26(33(24)17-20-8-4-9-23(27(20)34)39-40(35,36)37)21-12-11-19(16-22(21)31-28(25)29)7-5-14-38-15-6-13-30-18-41;1-2-3-10-24-32-25-26(33(24)17-20-8-4-9-23(34)27(20)39-40(35,36)37)21-12-11-19(16-22(21)31-28(25)29)7-5-14-38-15-6-13-30-18-41;1-2-3-7-25-32-26-27(33(25)17-20-16-21(34)9-11-24(20)35)22-10-8-19(15-23(22)31-28(26)29)6-4-13-36-14-5-12-30-18-37/h2*4,8-9,11-12,16,34H,2-3,5-7,10,13-15,17H2,1H3,(H2,29,31)(H2,35,36,37);8-11,15-16,34-35H,2-7,12-14,17H2,1H3,(H2,29,31). The second-order valence-electron chi connectivity index (χ2n) is 28.4. The molecule has 0 spiro atoms. The number of aromatic nitrogens is 9. The summed E-state index contributed by atoms with van der Waals surface area (Å²) in [6.45, 7) is 12.8. The van der Waals surface area contributed by atoms with Gasteiger partial charge in [-0.05, 0) is 179 Å². The number of phenols is 4. The highest BCUT2D eigenvalue weighted by atomic mass is 32.1. The molecule has 30 nitrogen and oxygen atoms in total. The molecule has 0 bridgehead atoms. The quantitative estimate of drug-likeness (QED) is 0.00556. The zero-order valence-electron chi connectivity index (χ0n) is 66.8. The van der Waals surface area contributed by atoms with Crippen molar-refractivity contribution in [2.45, 2.75) is 156 Å². The highest BCUT2D eigenvalue weighted by molar-refractivity contribution is 7.78. The maximum Gasteiger partial charge on any atom is 0.524 e. The predicted molar refractivity (Wildman–Crippen MR) is 474 cm³/mol. The molecule has 119 heavy (non-hydrogen) atoms. The summed E-state index contributed by atoms with van der Waals surface area (Å²) < 4.78 is 55.7. The molecule has 0 atom stereocenters. The smallest absolute Gasteiger partial charge is 0.508 e. The summed E-state index contributed by atoms with van der Waals surface area (Å²) in [6, 6.07) is 32.1. The van der Waals surface area contributed by atoms with Gasteiger partial charge in [0, 0.05) is 91.8 Å². The summed E-state index contributed by atoms with van der Waals surface area (Å²) >= 11 is 13.7. The van der Waals surface area contributed by atoms with E-state index in [1.807, 2.05) is 39.5 Å². The number of hydrogen-bond donors (Lipinski definition) is 11. The first-order valence-corrected chi connectivity index (χ1v) is 43.9. The van der Waals surface area contributed by atoms with Crippen molar-refractivity contribution >= 4 is 151 Å². The minimum Gasteiger partial charge on any atom is -0.508 e. The van der Waals surface area contributed by atoms with Gasteiger partial charge in [0.05, 0.1) is 87.9 Å². The third-order valence-corrected chi connectivity index (χ3v) is 20.8. The number of fused-ring (bicyclic) bond motifs is 9.